The molecule has 1 atom stereocenters. The first-order valence-electron chi connectivity index (χ1n) is 9.63. The summed E-state index contributed by atoms with van der Waals surface area (Å²) in [5.74, 6) is -0.496. The summed E-state index contributed by atoms with van der Waals surface area (Å²) in [6.07, 6.45) is 0. The van der Waals surface area contributed by atoms with Crippen LogP contribution in [0.25, 0.3) is 0 Å². The molecular formula is C23H15ClN4O3S. The largest absolute Gasteiger partial charge is 0.508 e. The smallest absolute Gasteiger partial charge is 0.276 e. The molecule has 0 aromatic heterocycles. The van der Waals surface area contributed by atoms with E-state index in [4.69, 9.17) is 11.6 Å². The number of halogens is 1. The normalized spacial score (nSPS) is 20.2. The standard InChI is InChI=1S/C23H15ClN4O3S/c24-14-6-11-18-17(12-14)19(21(30)25-18)26-27-23-28(15-7-9-16(29)10-8-15)22(31)20(32-23)13-4-2-1-3-5-13/h1-12,20,29H,(H,25,26,30)/b27-23-. The Hall–Kier alpha value is -3.62. The highest BCUT2D eigenvalue weighted by molar-refractivity contribution is 8.15. The highest BCUT2D eigenvalue weighted by atomic mass is 35.5. The molecular weight excluding hydrogens is 448 g/mol. The van der Waals surface area contributed by atoms with E-state index in [1.54, 1.807) is 30.3 Å². The Morgan fingerprint density at radius 2 is 1.72 bits per heavy atom. The molecule has 7 nitrogen and oxygen atoms in total. The Labute approximate surface area is 192 Å². The average Bonchev–Trinajstić information content (AvgIpc) is 3.29. The molecule has 0 spiro atoms. The fraction of sp³-hybridized carbons (Fsp3) is 0.0435. The molecule has 2 amide bonds. The summed E-state index contributed by atoms with van der Waals surface area (Å²) in [5.41, 5.74) is 2.65. The number of hydrogen-bond acceptors (Lipinski definition) is 6. The van der Waals surface area contributed by atoms with Gasteiger partial charge in [0.15, 0.2) is 10.9 Å². The van der Waals surface area contributed by atoms with Crippen LogP contribution in [-0.2, 0) is 9.59 Å². The van der Waals surface area contributed by atoms with Crippen molar-refractivity contribution in [2.45, 2.75) is 5.25 Å². The number of rotatable bonds is 3. The van der Waals surface area contributed by atoms with Gasteiger partial charge in [0.25, 0.3) is 11.8 Å². The summed E-state index contributed by atoms with van der Waals surface area (Å²) in [7, 11) is 0. The quantitative estimate of drug-likeness (QED) is 0.557. The summed E-state index contributed by atoms with van der Waals surface area (Å²) in [6, 6.07) is 20.6. The molecule has 1 fully saturated rings. The van der Waals surface area contributed by atoms with Crippen LogP contribution in [0.5, 0.6) is 5.75 Å². The summed E-state index contributed by atoms with van der Waals surface area (Å²) >= 11 is 7.33. The van der Waals surface area contributed by atoms with E-state index in [9.17, 15) is 14.7 Å². The van der Waals surface area contributed by atoms with E-state index >= 15 is 0 Å². The van der Waals surface area contributed by atoms with Gasteiger partial charge in [-0.15, -0.1) is 10.2 Å². The first kappa shape index (κ1) is 20.3. The third-order valence-electron chi connectivity index (χ3n) is 5.01. The second-order valence-electron chi connectivity index (χ2n) is 7.07. The minimum atomic E-state index is -0.511. The van der Waals surface area contributed by atoms with Gasteiger partial charge in [-0.05, 0) is 48.0 Å². The molecule has 2 N–H and O–H groups in total. The Morgan fingerprint density at radius 3 is 2.47 bits per heavy atom. The van der Waals surface area contributed by atoms with Crippen molar-refractivity contribution >= 4 is 57.4 Å². The van der Waals surface area contributed by atoms with Crippen LogP contribution in [0.15, 0.2) is 83.0 Å². The number of phenols is 1. The molecule has 1 unspecified atom stereocenters. The minimum absolute atomic E-state index is 0.0857. The predicted molar refractivity (Wildman–Crippen MR) is 126 cm³/mol. The van der Waals surface area contributed by atoms with Crippen LogP contribution in [0.4, 0.5) is 11.4 Å². The second kappa shape index (κ2) is 8.14. The number of phenolic OH excluding ortho intramolecular Hbond substituents is 1. The van der Waals surface area contributed by atoms with E-state index in [-0.39, 0.29) is 17.4 Å². The first-order valence-corrected chi connectivity index (χ1v) is 10.9. The van der Waals surface area contributed by atoms with Gasteiger partial charge in [0.05, 0.1) is 11.4 Å². The van der Waals surface area contributed by atoms with Crippen molar-refractivity contribution in [2.24, 2.45) is 10.2 Å². The lowest BCUT2D eigenvalue weighted by molar-refractivity contribution is -0.117. The van der Waals surface area contributed by atoms with Gasteiger partial charge in [0.2, 0.25) is 0 Å². The van der Waals surface area contributed by atoms with E-state index in [0.717, 1.165) is 5.56 Å². The lowest BCUT2D eigenvalue weighted by Gasteiger charge is -2.16. The summed E-state index contributed by atoms with van der Waals surface area (Å²) in [4.78, 5) is 27.2. The maximum atomic E-state index is 13.3. The second-order valence-corrected chi connectivity index (χ2v) is 8.58. The number of anilines is 2. The highest BCUT2D eigenvalue weighted by Crippen LogP contribution is 2.42. The number of amides is 2. The zero-order valence-corrected chi connectivity index (χ0v) is 18.0. The first-order chi connectivity index (χ1) is 15.5. The van der Waals surface area contributed by atoms with Crippen LogP contribution in [-0.4, -0.2) is 27.8 Å². The Morgan fingerprint density at radius 1 is 0.969 bits per heavy atom. The van der Waals surface area contributed by atoms with Gasteiger partial charge < -0.3 is 10.4 Å². The Bertz CT molecular complexity index is 1290. The number of hydrogen-bond donors (Lipinski definition) is 2. The molecule has 158 valence electrons. The number of carbonyl (C=O) groups is 2. The number of carbonyl (C=O) groups excluding carboxylic acids is 2. The fourth-order valence-electron chi connectivity index (χ4n) is 3.48. The van der Waals surface area contributed by atoms with Gasteiger partial charge in [-0.25, -0.2) is 0 Å². The van der Waals surface area contributed by atoms with Gasteiger partial charge in [-0.3, -0.25) is 14.5 Å². The van der Waals surface area contributed by atoms with Crippen LogP contribution in [0.2, 0.25) is 5.02 Å². The molecule has 3 aromatic rings. The molecule has 9 heteroatoms. The van der Waals surface area contributed by atoms with Gasteiger partial charge in [0, 0.05) is 10.6 Å². The monoisotopic (exact) mass is 462 g/mol. The van der Waals surface area contributed by atoms with Crippen LogP contribution >= 0.6 is 23.4 Å². The number of amidine groups is 1. The maximum Gasteiger partial charge on any atom is 0.276 e. The van der Waals surface area contributed by atoms with Crippen molar-refractivity contribution in [3.63, 3.8) is 0 Å². The molecule has 1 saturated heterocycles. The van der Waals surface area contributed by atoms with Crippen molar-refractivity contribution in [3.05, 3.63) is 88.9 Å². The minimum Gasteiger partial charge on any atom is -0.508 e. The third-order valence-corrected chi connectivity index (χ3v) is 6.42. The number of benzene rings is 3. The van der Waals surface area contributed by atoms with Gasteiger partial charge in [-0.1, -0.05) is 53.7 Å². The number of nitrogens with zero attached hydrogens (tertiary/aromatic N) is 3. The van der Waals surface area contributed by atoms with Crippen molar-refractivity contribution < 1.29 is 14.7 Å². The number of nitrogens with one attached hydrogen (secondary N) is 1. The zero-order valence-electron chi connectivity index (χ0n) is 16.4. The molecule has 0 saturated carbocycles. The van der Waals surface area contributed by atoms with Gasteiger partial charge in [-0.2, -0.15) is 0 Å². The Balaban J connectivity index is 1.57. The third kappa shape index (κ3) is 3.63. The molecule has 0 bridgehead atoms. The molecule has 32 heavy (non-hydrogen) atoms. The lowest BCUT2D eigenvalue weighted by Crippen LogP contribution is -2.30. The molecule has 2 aliphatic heterocycles. The lowest BCUT2D eigenvalue weighted by atomic mass is 10.1. The van der Waals surface area contributed by atoms with Gasteiger partial charge >= 0.3 is 0 Å². The molecule has 3 aromatic carbocycles. The number of fused-ring (bicyclic) bond motifs is 1. The van der Waals surface area contributed by atoms with E-state index in [2.05, 4.69) is 15.5 Å². The maximum absolute atomic E-state index is 13.3. The van der Waals surface area contributed by atoms with Crippen molar-refractivity contribution in [1.82, 2.24) is 0 Å². The van der Waals surface area contributed by atoms with Crippen LogP contribution in [0.3, 0.4) is 0 Å². The zero-order chi connectivity index (χ0) is 22.2. The molecule has 0 radical (unpaired) electrons. The van der Waals surface area contributed by atoms with Gasteiger partial charge in [0.1, 0.15) is 11.0 Å². The van der Waals surface area contributed by atoms with Crippen LogP contribution in [0, 0.1) is 0 Å². The molecule has 0 aliphatic carbocycles. The molecule has 5 rings (SSSR count). The average molecular weight is 463 g/mol. The van der Waals surface area contributed by atoms with E-state index < -0.39 is 11.2 Å². The van der Waals surface area contributed by atoms with E-state index in [1.165, 1.54) is 28.8 Å². The summed E-state index contributed by atoms with van der Waals surface area (Å²) in [5, 5.41) is 21.1. The van der Waals surface area contributed by atoms with E-state index in [1.807, 2.05) is 30.3 Å². The van der Waals surface area contributed by atoms with Crippen LogP contribution < -0.4 is 10.2 Å². The number of aromatic hydroxyl groups is 1. The highest BCUT2D eigenvalue weighted by Gasteiger charge is 2.40. The van der Waals surface area contributed by atoms with Crippen molar-refractivity contribution in [3.8, 4) is 5.75 Å². The van der Waals surface area contributed by atoms with Crippen LogP contribution in [0.1, 0.15) is 16.4 Å². The summed E-state index contributed by atoms with van der Waals surface area (Å²) in [6.45, 7) is 0. The topological polar surface area (TPSA) is 94.4 Å². The number of thioether (sulfide) groups is 1. The van der Waals surface area contributed by atoms with Crippen molar-refractivity contribution in [2.75, 3.05) is 10.2 Å². The fourth-order valence-corrected chi connectivity index (χ4v) is 4.75. The van der Waals surface area contributed by atoms with Crippen molar-refractivity contribution in [1.29, 1.82) is 0 Å². The molecule has 2 aliphatic rings. The summed E-state index contributed by atoms with van der Waals surface area (Å²) < 4.78 is 0. The van der Waals surface area contributed by atoms with E-state index in [0.29, 0.717) is 27.1 Å². The molecule has 2 heterocycles. The predicted octanol–water partition coefficient (Wildman–Crippen LogP) is 4.58. The Kier molecular flexibility index (Phi) is 5.16. The SMILES string of the molecule is O=C1Nc2ccc(Cl)cc2/C1=N/N=C1\SC(c2ccccc2)C(=O)N1c1ccc(O)cc1.